The molecule has 2 aliphatic rings. The molecule has 11 amide bonds. The predicted octanol–water partition coefficient (Wildman–Crippen LogP) is -3.58. The van der Waals surface area contributed by atoms with Crippen molar-refractivity contribution in [1.29, 1.82) is 0 Å². The summed E-state index contributed by atoms with van der Waals surface area (Å²) >= 11 is 0. The van der Waals surface area contributed by atoms with Crippen molar-refractivity contribution in [3.05, 3.63) is 35.9 Å². The molecule has 16 N–H and O–H groups in total. The van der Waals surface area contributed by atoms with Crippen LogP contribution in [0.4, 0.5) is 0 Å². The first-order valence-electron chi connectivity index (χ1n) is 23.8. The highest BCUT2D eigenvalue weighted by Gasteiger charge is 2.41. The number of primary amides is 3. The van der Waals surface area contributed by atoms with Crippen molar-refractivity contribution in [1.82, 2.24) is 47.4 Å². The Morgan fingerprint density at radius 2 is 1.42 bits per heavy atom. The summed E-state index contributed by atoms with van der Waals surface area (Å²) in [5.41, 5.74) is 23.2. The SMILES string of the molecule is CCCNCCC[C@H](NC(=O)[C@@H]1CCCN1C(=O)[C@@H]1CSSC[C@H](N)C(=O)N[C@@H](Cc2ccccc2)C(=O)N[C@@H]([C@@H](C)CC)C(=O)N[C@@H](CCC(N)=O)C(=O)N[C@@H](CC(N)=O)C(=O)N1)C(=O)NCC(N)=O. The summed E-state index contributed by atoms with van der Waals surface area (Å²) < 4.78 is 0. The molecule has 2 saturated heterocycles. The molecule has 0 saturated carbocycles. The van der Waals surface area contributed by atoms with Gasteiger partial charge in [0.25, 0.3) is 0 Å². The molecule has 24 nitrogen and oxygen atoms in total. The van der Waals surface area contributed by atoms with Crippen LogP contribution in [0.15, 0.2) is 30.3 Å². The van der Waals surface area contributed by atoms with Crippen molar-refractivity contribution in [2.75, 3.05) is 37.7 Å². The molecule has 0 radical (unpaired) electrons. The fourth-order valence-corrected chi connectivity index (χ4v) is 9.90. The van der Waals surface area contributed by atoms with Crippen LogP contribution in [0, 0.1) is 5.92 Å². The van der Waals surface area contributed by atoms with E-state index in [2.05, 4.69) is 42.5 Å². The summed E-state index contributed by atoms with van der Waals surface area (Å²) in [5.74, 6) is -9.93. The van der Waals surface area contributed by atoms with E-state index >= 15 is 0 Å². The Labute approximate surface area is 421 Å². The van der Waals surface area contributed by atoms with Crippen molar-refractivity contribution >= 4 is 86.6 Å². The van der Waals surface area contributed by atoms with E-state index in [4.69, 9.17) is 22.9 Å². The lowest BCUT2D eigenvalue weighted by molar-refractivity contribution is -0.142. The molecular formula is C45H71N13O11S2. The second-order valence-electron chi connectivity index (χ2n) is 17.5. The Balaban J connectivity index is 2.02. The van der Waals surface area contributed by atoms with Gasteiger partial charge in [0.2, 0.25) is 65.0 Å². The molecule has 0 aromatic heterocycles. The summed E-state index contributed by atoms with van der Waals surface area (Å²) in [5, 5.41) is 21.3. The summed E-state index contributed by atoms with van der Waals surface area (Å²) in [7, 11) is 2.10. The molecule has 9 atom stereocenters. The molecule has 2 fully saturated rings. The summed E-state index contributed by atoms with van der Waals surface area (Å²) in [6.45, 7) is 6.30. The van der Waals surface area contributed by atoms with Gasteiger partial charge in [-0.3, -0.25) is 52.7 Å². The molecule has 2 heterocycles. The van der Waals surface area contributed by atoms with E-state index in [-0.39, 0.29) is 43.7 Å². The molecule has 3 rings (SSSR count). The maximum atomic E-state index is 14.6. The van der Waals surface area contributed by atoms with E-state index in [1.165, 1.54) is 4.90 Å². The predicted molar refractivity (Wildman–Crippen MR) is 266 cm³/mol. The normalized spacial score (nSPS) is 23.9. The molecule has 1 aromatic rings. The Bertz CT molecular complexity index is 2040. The van der Waals surface area contributed by atoms with Gasteiger partial charge in [-0.05, 0) is 63.1 Å². The van der Waals surface area contributed by atoms with Gasteiger partial charge in [-0.15, -0.1) is 0 Å². The number of nitrogens with one attached hydrogen (secondary N) is 8. The highest BCUT2D eigenvalue weighted by Crippen LogP contribution is 2.26. The van der Waals surface area contributed by atoms with Crippen LogP contribution in [0.5, 0.6) is 0 Å². The fourth-order valence-electron chi connectivity index (χ4n) is 7.62. The number of rotatable bonds is 21. The quantitative estimate of drug-likeness (QED) is 0.0419. The number of hydrogen-bond acceptors (Lipinski definition) is 15. The Hall–Kier alpha value is -5.99. The molecule has 0 aliphatic carbocycles. The van der Waals surface area contributed by atoms with Crippen LogP contribution in [0.25, 0.3) is 0 Å². The van der Waals surface area contributed by atoms with Crippen LogP contribution in [0.3, 0.4) is 0 Å². The van der Waals surface area contributed by atoms with Crippen molar-refractivity contribution in [3.8, 4) is 0 Å². The Kier molecular flexibility index (Phi) is 25.6. The van der Waals surface area contributed by atoms with Gasteiger partial charge in [0.1, 0.15) is 42.3 Å². The fraction of sp³-hybridized carbons (Fsp3) is 0.622. The second-order valence-corrected chi connectivity index (χ2v) is 20.0. The first-order valence-corrected chi connectivity index (χ1v) is 26.2. The molecule has 1 aromatic carbocycles. The van der Waals surface area contributed by atoms with E-state index in [0.717, 1.165) is 34.6 Å². The standard InChI is InChI=1S/C45H71N13O11S2/c1-4-17-50-18-9-13-28(39(63)51-22-36(49)61)52-43(67)33-14-10-19-58(33)45(69)32-24-71-70-23-27(46)38(62)54-30(20-26-11-7-6-8-12-26)42(66)57-37(25(3)5-2)44(68)53-29(15-16-34(47)59)40(64)55-31(21-35(48)60)41(65)56-32/h6-8,11-12,25,27-33,37,50H,4-5,9-10,13-24,46H2,1-3H3,(H2,47,59)(H2,48,60)(H2,49,61)(H,51,63)(H,52,67)(H,53,68)(H,54,62)(H,55,64)(H,56,65)(H,57,66)/t25-,27-,28-,29-,30-,31-,32-,33-,37-/m0/s1. The number of nitrogens with zero attached hydrogens (tertiary/aromatic N) is 1. The number of carbonyl (C=O) groups is 11. The smallest absolute Gasteiger partial charge is 0.246 e. The number of carbonyl (C=O) groups excluding carboxylic acids is 11. The van der Waals surface area contributed by atoms with Crippen molar-refractivity contribution < 1.29 is 52.7 Å². The zero-order valence-corrected chi connectivity index (χ0v) is 42.1. The molecule has 2 aliphatic heterocycles. The molecule has 394 valence electrons. The Morgan fingerprint density at radius 3 is 2.07 bits per heavy atom. The zero-order chi connectivity index (χ0) is 52.6. The summed E-state index contributed by atoms with van der Waals surface area (Å²) in [6.07, 6.45) is 0.865. The van der Waals surface area contributed by atoms with Gasteiger partial charge in [0.15, 0.2) is 0 Å². The maximum Gasteiger partial charge on any atom is 0.246 e. The van der Waals surface area contributed by atoms with E-state index < -0.39 is 139 Å². The van der Waals surface area contributed by atoms with Gasteiger partial charge in [-0.25, -0.2) is 0 Å². The van der Waals surface area contributed by atoms with Crippen LogP contribution < -0.4 is 65.5 Å². The van der Waals surface area contributed by atoms with Crippen LogP contribution >= 0.6 is 21.6 Å². The highest BCUT2D eigenvalue weighted by molar-refractivity contribution is 8.76. The van der Waals surface area contributed by atoms with Crippen LogP contribution in [-0.4, -0.2) is 156 Å². The van der Waals surface area contributed by atoms with Gasteiger partial charge in [0.05, 0.1) is 19.0 Å². The van der Waals surface area contributed by atoms with Crippen molar-refractivity contribution in [3.63, 3.8) is 0 Å². The molecule has 26 heteroatoms. The third kappa shape index (κ3) is 20.3. The first-order chi connectivity index (χ1) is 33.7. The highest BCUT2D eigenvalue weighted by atomic mass is 33.1. The third-order valence-corrected chi connectivity index (χ3v) is 14.2. The van der Waals surface area contributed by atoms with Crippen LogP contribution in [-0.2, 0) is 59.2 Å². The van der Waals surface area contributed by atoms with Gasteiger partial charge in [-0.1, -0.05) is 79.1 Å². The molecule has 0 bridgehead atoms. The molecular weight excluding hydrogens is 963 g/mol. The topological polar surface area (TPSA) is 391 Å². The lowest BCUT2D eigenvalue weighted by atomic mass is 9.96. The minimum Gasteiger partial charge on any atom is -0.370 e. The largest absolute Gasteiger partial charge is 0.370 e. The second kappa shape index (κ2) is 30.7. The van der Waals surface area contributed by atoms with Crippen LogP contribution in [0.1, 0.15) is 84.1 Å². The van der Waals surface area contributed by atoms with Gasteiger partial charge in [0, 0.05) is 30.9 Å². The molecule has 0 spiro atoms. The number of amides is 11. The number of hydrogen-bond donors (Lipinski definition) is 12. The average Bonchev–Trinajstić information content (AvgIpc) is 3.83. The average molecular weight is 1030 g/mol. The molecule has 0 unspecified atom stereocenters. The summed E-state index contributed by atoms with van der Waals surface area (Å²) in [4.78, 5) is 149. The van der Waals surface area contributed by atoms with E-state index in [0.29, 0.717) is 31.4 Å². The lowest BCUT2D eigenvalue weighted by Gasteiger charge is -2.31. The maximum absolute atomic E-state index is 14.6. The minimum absolute atomic E-state index is 0.00540. The number of likely N-dealkylation sites (tertiary alicyclic amines) is 1. The van der Waals surface area contributed by atoms with Crippen molar-refractivity contribution in [2.24, 2.45) is 28.9 Å². The monoisotopic (exact) mass is 1030 g/mol. The van der Waals surface area contributed by atoms with Crippen molar-refractivity contribution in [2.45, 2.75) is 133 Å². The van der Waals surface area contributed by atoms with Gasteiger partial charge < -0.3 is 70.4 Å². The van der Waals surface area contributed by atoms with E-state index in [9.17, 15) is 52.7 Å². The number of nitrogens with two attached hydrogens (primary N) is 4. The Morgan fingerprint density at radius 1 is 0.775 bits per heavy atom. The lowest BCUT2D eigenvalue weighted by Crippen LogP contribution is -2.61. The van der Waals surface area contributed by atoms with Gasteiger partial charge in [-0.2, -0.15) is 0 Å². The summed E-state index contributed by atoms with van der Waals surface area (Å²) in [6, 6.07) is -1.90. The zero-order valence-electron chi connectivity index (χ0n) is 40.5. The van der Waals surface area contributed by atoms with E-state index in [1.807, 2.05) is 6.92 Å². The third-order valence-electron chi connectivity index (χ3n) is 11.8. The minimum atomic E-state index is -1.74. The van der Waals surface area contributed by atoms with E-state index in [1.54, 1.807) is 44.2 Å². The van der Waals surface area contributed by atoms with Crippen LogP contribution in [0.2, 0.25) is 0 Å². The number of benzene rings is 1. The first kappa shape index (κ1) is 59.3. The molecule has 71 heavy (non-hydrogen) atoms. The van der Waals surface area contributed by atoms with Gasteiger partial charge >= 0.3 is 0 Å².